The molecule has 3 N–H and O–H groups in total. The molecule has 0 radical (unpaired) electrons. The minimum atomic E-state index is -0.992. The fraction of sp³-hybridized carbons (Fsp3) is 0.300. The van der Waals surface area contributed by atoms with Gasteiger partial charge >= 0.3 is 5.97 Å². The van der Waals surface area contributed by atoms with Gasteiger partial charge in [0.2, 0.25) is 0 Å². The highest BCUT2D eigenvalue weighted by atomic mass is 35.5. The van der Waals surface area contributed by atoms with Gasteiger partial charge in [0.25, 0.3) is 0 Å². The normalized spacial score (nSPS) is 12.2. The predicted molar refractivity (Wildman–Crippen MR) is 57.0 cm³/mol. The van der Waals surface area contributed by atoms with Gasteiger partial charge in [0.1, 0.15) is 5.75 Å². The third-order valence-electron chi connectivity index (χ3n) is 1.79. The number of hydrogen-bond donors (Lipinski definition) is 2. The van der Waals surface area contributed by atoms with Crippen LogP contribution in [0.5, 0.6) is 5.75 Å². The van der Waals surface area contributed by atoms with E-state index in [0.29, 0.717) is 10.8 Å². The van der Waals surface area contributed by atoms with Gasteiger partial charge in [0, 0.05) is 5.02 Å². The molecular formula is C10H12ClNO3. The number of ether oxygens (including phenoxy) is 1. The summed E-state index contributed by atoms with van der Waals surface area (Å²) in [5.41, 5.74) is 6.30. The van der Waals surface area contributed by atoms with E-state index in [1.54, 1.807) is 18.2 Å². The van der Waals surface area contributed by atoms with Gasteiger partial charge in [0.15, 0.2) is 6.23 Å². The molecule has 1 aromatic rings. The van der Waals surface area contributed by atoms with Crippen LogP contribution in [0.2, 0.25) is 5.02 Å². The summed E-state index contributed by atoms with van der Waals surface area (Å²) < 4.78 is 5.25. The van der Waals surface area contributed by atoms with Gasteiger partial charge in [-0.3, -0.25) is 10.5 Å². The molecule has 1 atom stereocenters. The van der Waals surface area contributed by atoms with Gasteiger partial charge in [-0.25, -0.2) is 0 Å². The molecule has 0 bridgehead atoms. The van der Waals surface area contributed by atoms with Gasteiger partial charge in [-0.2, -0.15) is 0 Å². The lowest BCUT2D eigenvalue weighted by Gasteiger charge is -2.14. The number of carbonyl (C=O) groups is 1. The summed E-state index contributed by atoms with van der Waals surface area (Å²) in [5, 5.41) is 9.10. The molecule has 82 valence electrons. The quantitative estimate of drug-likeness (QED) is 0.772. The molecule has 0 aromatic heterocycles. The summed E-state index contributed by atoms with van der Waals surface area (Å²) in [4.78, 5) is 10.4. The van der Waals surface area contributed by atoms with Crippen LogP contribution in [0.15, 0.2) is 18.2 Å². The van der Waals surface area contributed by atoms with Crippen LogP contribution in [0.1, 0.15) is 12.0 Å². The first-order valence-electron chi connectivity index (χ1n) is 4.39. The first-order chi connectivity index (χ1) is 6.99. The van der Waals surface area contributed by atoms with Crippen LogP contribution in [-0.2, 0) is 4.79 Å². The Morgan fingerprint density at radius 2 is 2.33 bits per heavy atom. The molecule has 0 spiro atoms. The highest BCUT2D eigenvalue weighted by Crippen LogP contribution is 2.22. The van der Waals surface area contributed by atoms with Gasteiger partial charge < -0.3 is 9.84 Å². The second-order valence-electron chi connectivity index (χ2n) is 3.16. The van der Waals surface area contributed by atoms with E-state index in [-0.39, 0.29) is 6.42 Å². The van der Waals surface area contributed by atoms with Crippen molar-refractivity contribution in [3.8, 4) is 5.75 Å². The van der Waals surface area contributed by atoms with Crippen LogP contribution in [0.4, 0.5) is 0 Å². The van der Waals surface area contributed by atoms with Crippen LogP contribution in [0.3, 0.4) is 0 Å². The summed E-state index contributed by atoms with van der Waals surface area (Å²) in [5.74, 6) is -0.442. The Hall–Kier alpha value is -1.26. The molecule has 0 aliphatic heterocycles. The lowest BCUT2D eigenvalue weighted by molar-refractivity contribution is -0.138. The molecule has 0 amide bonds. The third kappa shape index (κ3) is 3.77. The van der Waals surface area contributed by atoms with E-state index >= 15 is 0 Å². The van der Waals surface area contributed by atoms with Crippen LogP contribution >= 0.6 is 11.6 Å². The Kier molecular flexibility index (Phi) is 3.94. The van der Waals surface area contributed by atoms with E-state index in [0.717, 1.165) is 5.56 Å². The molecule has 1 unspecified atom stereocenters. The second kappa shape index (κ2) is 5.00. The number of aryl methyl sites for hydroxylation is 1. The van der Waals surface area contributed by atoms with Crippen molar-refractivity contribution in [1.29, 1.82) is 0 Å². The van der Waals surface area contributed by atoms with Crippen molar-refractivity contribution in [3.05, 3.63) is 28.8 Å². The van der Waals surface area contributed by atoms with E-state index < -0.39 is 12.2 Å². The van der Waals surface area contributed by atoms with Gasteiger partial charge in [0.05, 0.1) is 6.42 Å². The fourth-order valence-electron chi connectivity index (χ4n) is 1.12. The van der Waals surface area contributed by atoms with Gasteiger partial charge in [-0.05, 0) is 30.7 Å². The Morgan fingerprint density at radius 1 is 1.67 bits per heavy atom. The molecule has 0 aliphatic carbocycles. The zero-order chi connectivity index (χ0) is 11.4. The summed E-state index contributed by atoms with van der Waals surface area (Å²) >= 11 is 5.76. The van der Waals surface area contributed by atoms with Crippen molar-refractivity contribution in [2.24, 2.45) is 5.73 Å². The van der Waals surface area contributed by atoms with Crippen LogP contribution in [-0.4, -0.2) is 17.3 Å². The van der Waals surface area contributed by atoms with E-state index in [1.807, 2.05) is 6.92 Å². The van der Waals surface area contributed by atoms with Crippen LogP contribution in [0.25, 0.3) is 0 Å². The molecule has 0 aliphatic rings. The number of carboxylic acids is 1. The summed E-state index contributed by atoms with van der Waals surface area (Å²) in [6.45, 7) is 1.81. The van der Waals surface area contributed by atoms with Crippen molar-refractivity contribution in [1.82, 2.24) is 0 Å². The van der Waals surface area contributed by atoms with Crippen molar-refractivity contribution < 1.29 is 14.6 Å². The zero-order valence-corrected chi connectivity index (χ0v) is 8.99. The molecule has 4 nitrogen and oxygen atoms in total. The first kappa shape index (κ1) is 11.8. The van der Waals surface area contributed by atoms with Crippen molar-refractivity contribution in [2.75, 3.05) is 0 Å². The SMILES string of the molecule is Cc1cc(Cl)ccc1OC(N)CC(=O)O. The topological polar surface area (TPSA) is 72.5 Å². The summed E-state index contributed by atoms with van der Waals surface area (Å²) in [6, 6.07) is 5.06. The van der Waals surface area contributed by atoms with E-state index in [1.165, 1.54) is 0 Å². The molecule has 0 saturated carbocycles. The smallest absolute Gasteiger partial charge is 0.308 e. The Balaban J connectivity index is 2.68. The molecule has 5 heteroatoms. The monoisotopic (exact) mass is 229 g/mol. The maximum atomic E-state index is 10.4. The largest absolute Gasteiger partial charge is 0.481 e. The fourth-order valence-corrected chi connectivity index (χ4v) is 1.35. The number of hydrogen-bond acceptors (Lipinski definition) is 3. The van der Waals surface area contributed by atoms with Crippen LogP contribution < -0.4 is 10.5 Å². The molecule has 1 aromatic carbocycles. The highest BCUT2D eigenvalue weighted by molar-refractivity contribution is 6.30. The van der Waals surface area contributed by atoms with Crippen molar-refractivity contribution in [3.63, 3.8) is 0 Å². The molecule has 15 heavy (non-hydrogen) atoms. The molecule has 0 heterocycles. The molecule has 1 rings (SSSR count). The van der Waals surface area contributed by atoms with E-state index in [4.69, 9.17) is 27.2 Å². The minimum absolute atomic E-state index is 0.234. The summed E-state index contributed by atoms with van der Waals surface area (Å²) in [6.07, 6.45) is -1.08. The lowest BCUT2D eigenvalue weighted by Crippen LogP contribution is -2.30. The summed E-state index contributed by atoms with van der Waals surface area (Å²) in [7, 11) is 0. The maximum Gasteiger partial charge on any atom is 0.308 e. The standard InChI is InChI=1S/C10H12ClNO3/c1-6-4-7(11)2-3-8(6)15-9(12)5-10(13)14/h2-4,9H,5,12H2,1H3,(H,13,14). The predicted octanol–water partition coefficient (Wildman–Crippen LogP) is 1.79. The Morgan fingerprint density at radius 3 is 2.87 bits per heavy atom. The number of nitrogens with two attached hydrogens (primary N) is 1. The average molecular weight is 230 g/mol. The van der Waals surface area contributed by atoms with Gasteiger partial charge in [-0.1, -0.05) is 11.6 Å². The number of rotatable bonds is 4. The Labute approximate surface area is 92.6 Å². The van der Waals surface area contributed by atoms with Crippen molar-refractivity contribution >= 4 is 17.6 Å². The van der Waals surface area contributed by atoms with Gasteiger partial charge in [-0.15, -0.1) is 0 Å². The molecule has 0 fully saturated rings. The average Bonchev–Trinajstić information content (AvgIpc) is 2.08. The molecular weight excluding hydrogens is 218 g/mol. The second-order valence-corrected chi connectivity index (χ2v) is 3.60. The number of halogens is 1. The van der Waals surface area contributed by atoms with Crippen molar-refractivity contribution in [2.45, 2.75) is 19.6 Å². The van der Waals surface area contributed by atoms with E-state index in [9.17, 15) is 4.79 Å². The number of carboxylic acid groups (broad SMARTS) is 1. The molecule has 0 saturated heterocycles. The Bertz CT molecular complexity index is 368. The maximum absolute atomic E-state index is 10.4. The minimum Gasteiger partial charge on any atom is -0.481 e. The van der Waals surface area contributed by atoms with Crippen LogP contribution in [0, 0.1) is 6.92 Å². The number of benzene rings is 1. The highest BCUT2D eigenvalue weighted by Gasteiger charge is 2.10. The number of aliphatic carboxylic acids is 1. The lowest BCUT2D eigenvalue weighted by atomic mass is 10.2. The zero-order valence-electron chi connectivity index (χ0n) is 8.24. The first-order valence-corrected chi connectivity index (χ1v) is 4.77. The third-order valence-corrected chi connectivity index (χ3v) is 2.03. The van der Waals surface area contributed by atoms with E-state index in [2.05, 4.69) is 0 Å².